The molecule has 2 amide bonds. The van der Waals surface area contributed by atoms with E-state index in [1.165, 1.54) is 44.4 Å². The lowest BCUT2D eigenvalue weighted by Crippen LogP contribution is -2.31. The van der Waals surface area contributed by atoms with Crippen LogP contribution in [0.3, 0.4) is 0 Å². The molecule has 3 aromatic rings. The van der Waals surface area contributed by atoms with Gasteiger partial charge in [-0.1, -0.05) is 0 Å². The Hall–Kier alpha value is -4.05. The van der Waals surface area contributed by atoms with Gasteiger partial charge in [0.25, 0.3) is 11.8 Å². The summed E-state index contributed by atoms with van der Waals surface area (Å²) in [6, 6.07) is 11.8. The number of halogens is 1. The highest BCUT2D eigenvalue weighted by Crippen LogP contribution is 2.30. The normalized spacial score (nSPS) is 11.6. The third-order valence-corrected chi connectivity index (χ3v) is 4.32. The molecule has 2 aromatic carbocycles. The summed E-state index contributed by atoms with van der Waals surface area (Å²) < 4.78 is 29.6. The lowest BCUT2D eigenvalue weighted by Gasteiger charge is -2.14. The van der Waals surface area contributed by atoms with Crippen molar-refractivity contribution >= 4 is 11.8 Å². The van der Waals surface area contributed by atoms with Gasteiger partial charge < -0.3 is 25.7 Å². The molecule has 4 N–H and O–H groups in total. The van der Waals surface area contributed by atoms with E-state index in [1.54, 1.807) is 18.2 Å². The molecule has 1 aromatic heterocycles. The molecule has 0 saturated heterocycles. The second-order valence-electron chi connectivity index (χ2n) is 6.75. The van der Waals surface area contributed by atoms with Crippen LogP contribution in [0.4, 0.5) is 4.39 Å². The fourth-order valence-electron chi connectivity index (χ4n) is 2.74. The zero-order chi connectivity index (χ0) is 23.3. The maximum Gasteiger partial charge on any atom is 0.267 e. The molecule has 0 unspecified atom stereocenters. The van der Waals surface area contributed by atoms with Gasteiger partial charge in [0.05, 0.1) is 6.61 Å². The van der Waals surface area contributed by atoms with E-state index in [9.17, 15) is 14.0 Å². The molecule has 166 valence electrons. The molecule has 10 heteroatoms. The topological polar surface area (TPSA) is 140 Å². The maximum absolute atomic E-state index is 13.1. The van der Waals surface area contributed by atoms with E-state index in [0.29, 0.717) is 22.6 Å². The van der Waals surface area contributed by atoms with Crippen LogP contribution in [0.2, 0.25) is 0 Å². The van der Waals surface area contributed by atoms with Gasteiger partial charge in [-0.2, -0.15) is 4.98 Å². The molecule has 9 nitrogen and oxygen atoms in total. The van der Waals surface area contributed by atoms with Crippen molar-refractivity contribution in [2.75, 3.05) is 7.11 Å². The number of carbonyl (C=O) groups excluding carboxylic acids is 2. The molecule has 1 heterocycles. The van der Waals surface area contributed by atoms with Gasteiger partial charge in [0.15, 0.2) is 11.9 Å². The Morgan fingerprint density at radius 1 is 1.03 bits per heavy atom. The summed E-state index contributed by atoms with van der Waals surface area (Å²) >= 11 is 0. The van der Waals surface area contributed by atoms with E-state index in [0.717, 1.165) is 0 Å². The minimum atomic E-state index is -0.983. The number of ether oxygens (including phenoxy) is 3. The molecule has 0 radical (unpaired) electrons. The van der Waals surface area contributed by atoms with Crippen molar-refractivity contribution in [2.45, 2.75) is 19.6 Å². The van der Waals surface area contributed by atoms with Gasteiger partial charge in [0.2, 0.25) is 5.88 Å². The van der Waals surface area contributed by atoms with Crippen LogP contribution in [0.1, 0.15) is 23.0 Å². The number of primary amides is 2. The summed E-state index contributed by atoms with van der Waals surface area (Å²) in [5, 5.41) is 0. The van der Waals surface area contributed by atoms with E-state index < -0.39 is 17.9 Å². The molecule has 0 aliphatic carbocycles. The Kier molecular flexibility index (Phi) is 6.96. The number of aromatic nitrogens is 2. The SMILES string of the molecule is COCc1cc(Oc2ccc(F)cc2)ccc1-c1nc(O[C@@H](C)C(N)=O)cc(C(N)=O)n1. The Bertz CT molecular complexity index is 1140. The summed E-state index contributed by atoms with van der Waals surface area (Å²) in [4.78, 5) is 31.6. The van der Waals surface area contributed by atoms with Crippen molar-refractivity contribution in [3.05, 3.63) is 65.6 Å². The molecule has 0 fully saturated rings. The summed E-state index contributed by atoms with van der Waals surface area (Å²) in [5.74, 6) is -0.854. The van der Waals surface area contributed by atoms with Crippen LogP contribution in [0.5, 0.6) is 17.4 Å². The van der Waals surface area contributed by atoms with E-state index in [2.05, 4.69) is 9.97 Å². The van der Waals surface area contributed by atoms with E-state index in [-0.39, 0.29) is 29.8 Å². The number of methoxy groups -OCH3 is 1. The minimum Gasteiger partial charge on any atom is -0.464 e. The van der Waals surface area contributed by atoms with Crippen LogP contribution in [-0.4, -0.2) is 35.0 Å². The maximum atomic E-state index is 13.1. The largest absolute Gasteiger partial charge is 0.464 e. The minimum absolute atomic E-state index is 0.0369. The van der Waals surface area contributed by atoms with Crippen LogP contribution in [0.25, 0.3) is 11.4 Å². The fourth-order valence-corrected chi connectivity index (χ4v) is 2.74. The van der Waals surface area contributed by atoms with Crippen LogP contribution in [-0.2, 0) is 16.1 Å². The predicted octanol–water partition coefficient (Wildman–Crippen LogP) is 2.57. The van der Waals surface area contributed by atoms with Crippen molar-refractivity contribution in [1.29, 1.82) is 0 Å². The average molecular weight is 440 g/mol. The smallest absolute Gasteiger partial charge is 0.267 e. The van der Waals surface area contributed by atoms with Gasteiger partial charge >= 0.3 is 0 Å². The van der Waals surface area contributed by atoms with Crippen molar-refractivity contribution < 1.29 is 28.2 Å². The van der Waals surface area contributed by atoms with Gasteiger partial charge in [0.1, 0.15) is 23.0 Å². The van der Waals surface area contributed by atoms with Gasteiger partial charge in [-0.3, -0.25) is 9.59 Å². The van der Waals surface area contributed by atoms with Crippen LogP contribution in [0.15, 0.2) is 48.5 Å². The highest BCUT2D eigenvalue weighted by atomic mass is 19.1. The summed E-state index contributed by atoms with van der Waals surface area (Å²) in [5.41, 5.74) is 11.7. The van der Waals surface area contributed by atoms with E-state index in [4.69, 9.17) is 25.7 Å². The Labute approximate surface area is 183 Å². The summed E-state index contributed by atoms with van der Waals surface area (Å²) in [6.45, 7) is 1.62. The average Bonchev–Trinajstić information content (AvgIpc) is 2.75. The van der Waals surface area contributed by atoms with Crippen LogP contribution >= 0.6 is 0 Å². The van der Waals surface area contributed by atoms with Crippen LogP contribution in [0, 0.1) is 5.82 Å². The number of carbonyl (C=O) groups is 2. The second kappa shape index (κ2) is 9.84. The molecule has 32 heavy (non-hydrogen) atoms. The standard InChI is InChI=1S/C22H21FN4O5/c1-12(20(24)28)31-19-10-18(21(25)29)26-22(27-19)17-8-7-16(9-13(17)11-30-2)32-15-5-3-14(23)4-6-15/h3-10,12H,11H2,1-2H3,(H2,24,28)(H2,25,29)/t12-/m0/s1. The number of nitrogens with zero attached hydrogens (tertiary/aromatic N) is 2. The Morgan fingerprint density at radius 3 is 2.34 bits per heavy atom. The van der Waals surface area contributed by atoms with Gasteiger partial charge in [-0.15, -0.1) is 0 Å². The highest BCUT2D eigenvalue weighted by Gasteiger charge is 2.18. The molecular formula is C22H21FN4O5. The van der Waals surface area contributed by atoms with Gasteiger partial charge in [-0.05, 0) is 55.0 Å². The monoisotopic (exact) mass is 440 g/mol. The number of benzene rings is 2. The second-order valence-corrected chi connectivity index (χ2v) is 6.75. The third kappa shape index (κ3) is 5.55. The molecule has 0 saturated carbocycles. The van der Waals surface area contributed by atoms with Crippen molar-refractivity contribution in [1.82, 2.24) is 9.97 Å². The molecular weight excluding hydrogens is 419 g/mol. The molecule has 3 rings (SSSR count). The zero-order valence-corrected chi connectivity index (χ0v) is 17.4. The molecule has 0 aliphatic rings. The summed E-state index contributed by atoms with van der Waals surface area (Å²) in [7, 11) is 1.51. The van der Waals surface area contributed by atoms with E-state index >= 15 is 0 Å². The molecule has 0 bridgehead atoms. The zero-order valence-electron chi connectivity index (χ0n) is 17.4. The molecule has 0 aliphatic heterocycles. The fraction of sp³-hybridized carbons (Fsp3) is 0.182. The summed E-state index contributed by atoms with van der Waals surface area (Å²) in [6.07, 6.45) is -0.983. The highest BCUT2D eigenvalue weighted by molar-refractivity contribution is 5.91. The lowest BCUT2D eigenvalue weighted by molar-refractivity contribution is -0.124. The quantitative estimate of drug-likeness (QED) is 0.521. The first kappa shape index (κ1) is 22.6. The Balaban J connectivity index is 2.01. The van der Waals surface area contributed by atoms with Crippen molar-refractivity contribution in [2.24, 2.45) is 11.5 Å². The lowest BCUT2D eigenvalue weighted by atomic mass is 10.1. The van der Waals surface area contributed by atoms with Gasteiger partial charge in [0, 0.05) is 18.7 Å². The number of hydrogen-bond acceptors (Lipinski definition) is 7. The predicted molar refractivity (Wildman–Crippen MR) is 112 cm³/mol. The number of rotatable bonds is 9. The third-order valence-electron chi connectivity index (χ3n) is 4.32. The van der Waals surface area contributed by atoms with Gasteiger partial charge in [-0.25, -0.2) is 9.37 Å². The number of amides is 2. The first-order valence-electron chi connectivity index (χ1n) is 9.47. The molecule has 1 atom stereocenters. The van der Waals surface area contributed by atoms with Crippen molar-refractivity contribution in [3.63, 3.8) is 0 Å². The van der Waals surface area contributed by atoms with Crippen molar-refractivity contribution in [3.8, 4) is 28.8 Å². The Morgan fingerprint density at radius 2 is 1.72 bits per heavy atom. The first-order valence-corrected chi connectivity index (χ1v) is 9.47. The van der Waals surface area contributed by atoms with Crippen LogP contribution < -0.4 is 20.9 Å². The number of nitrogens with two attached hydrogens (primary N) is 2. The molecule has 0 spiro atoms. The number of hydrogen-bond donors (Lipinski definition) is 2. The first-order chi connectivity index (χ1) is 15.3. The van der Waals surface area contributed by atoms with E-state index in [1.807, 2.05) is 0 Å².